The second-order valence-corrected chi connectivity index (χ2v) is 3.90. The Labute approximate surface area is 95.2 Å². The van der Waals surface area contributed by atoms with Gasteiger partial charge in [0.2, 0.25) is 5.88 Å². The molecule has 0 spiro atoms. The van der Waals surface area contributed by atoms with Crippen LogP contribution in [0.25, 0.3) is 0 Å². The second kappa shape index (κ2) is 5.12. The topological polar surface area (TPSA) is 56.3 Å². The van der Waals surface area contributed by atoms with Crippen molar-refractivity contribution in [1.29, 1.82) is 0 Å². The van der Waals surface area contributed by atoms with E-state index in [2.05, 4.69) is 15.3 Å². The van der Waals surface area contributed by atoms with Gasteiger partial charge in [-0.2, -0.15) is 4.98 Å². The van der Waals surface area contributed by atoms with E-state index in [1.165, 1.54) is 12.8 Å². The lowest BCUT2D eigenvalue weighted by Crippen LogP contribution is -2.09. The van der Waals surface area contributed by atoms with E-state index in [4.69, 9.17) is 9.47 Å². The Morgan fingerprint density at radius 3 is 2.88 bits per heavy atom. The van der Waals surface area contributed by atoms with E-state index in [0.717, 1.165) is 11.6 Å². The molecule has 88 valence electrons. The molecule has 5 nitrogen and oxygen atoms in total. The highest BCUT2D eigenvalue weighted by atomic mass is 16.5. The Bertz CT molecular complexity index is 353. The summed E-state index contributed by atoms with van der Waals surface area (Å²) in [5.74, 6) is 2.17. The zero-order chi connectivity index (χ0) is 11.4. The maximum atomic E-state index is 5.45. The van der Waals surface area contributed by atoms with Crippen molar-refractivity contribution in [3.05, 3.63) is 11.9 Å². The van der Waals surface area contributed by atoms with E-state index in [1.54, 1.807) is 7.11 Å². The van der Waals surface area contributed by atoms with Gasteiger partial charge in [0.15, 0.2) is 0 Å². The SMILES string of the molecule is COCCOc1cc(NC2CC2)nc(C)n1. The number of aromatic nitrogens is 2. The smallest absolute Gasteiger partial charge is 0.218 e. The Balaban J connectivity index is 1.96. The third-order valence-electron chi connectivity index (χ3n) is 2.28. The molecule has 0 aliphatic heterocycles. The predicted molar refractivity (Wildman–Crippen MR) is 60.8 cm³/mol. The van der Waals surface area contributed by atoms with Crippen LogP contribution in [0.3, 0.4) is 0 Å². The molecule has 0 bridgehead atoms. The molecule has 16 heavy (non-hydrogen) atoms. The first-order valence-electron chi connectivity index (χ1n) is 5.52. The molecule has 0 atom stereocenters. The van der Waals surface area contributed by atoms with Gasteiger partial charge in [-0.05, 0) is 19.8 Å². The van der Waals surface area contributed by atoms with Crippen LogP contribution in [0.5, 0.6) is 5.88 Å². The molecule has 1 N–H and O–H groups in total. The van der Waals surface area contributed by atoms with Gasteiger partial charge in [-0.3, -0.25) is 0 Å². The number of aryl methyl sites for hydroxylation is 1. The molecule has 1 aromatic rings. The Morgan fingerprint density at radius 1 is 1.38 bits per heavy atom. The maximum absolute atomic E-state index is 5.45. The average Bonchev–Trinajstić information content (AvgIpc) is 3.01. The van der Waals surface area contributed by atoms with Gasteiger partial charge in [0.05, 0.1) is 6.61 Å². The molecule has 0 saturated heterocycles. The van der Waals surface area contributed by atoms with Gasteiger partial charge in [0, 0.05) is 19.2 Å². The first-order valence-corrected chi connectivity index (χ1v) is 5.52. The summed E-state index contributed by atoms with van der Waals surface area (Å²) >= 11 is 0. The zero-order valence-corrected chi connectivity index (χ0v) is 9.69. The standard InChI is InChI=1S/C11H17N3O2/c1-8-12-10(14-9-3-4-9)7-11(13-8)16-6-5-15-2/h7,9H,3-6H2,1-2H3,(H,12,13,14). The number of anilines is 1. The second-order valence-electron chi connectivity index (χ2n) is 3.90. The van der Waals surface area contributed by atoms with Crippen molar-refractivity contribution < 1.29 is 9.47 Å². The van der Waals surface area contributed by atoms with Gasteiger partial charge in [-0.15, -0.1) is 0 Å². The average molecular weight is 223 g/mol. The lowest BCUT2D eigenvalue weighted by molar-refractivity contribution is 0.143. The van der Waals surface area contributed by atoms with Crippen LogP contribution in [0.4, 0.5) is 5.82 Å². The normalized spacial score (nSPS) is 14.9. The van der Waals surface area contributed by atoms with Crippen molar-refractivity contribution in [1.82, 2.24) is 9.97 Å². The van der Waals surface area contributed by atoms with Gasteiger partial charge in [-0.25, -0.2) is 4.98 Å². The molecule has 0 unspecified atom stereocenters. The minimum atomic E-state index is 0.510. The van der Waals surface area contributed by atoms with Crippen molar-refractivity contribution in [3.8, 4) is 5.88 Å². The number of hydrogen-bond donors (Lipinski definition) is 1. The molecule has 1 aliphatic rings. The van der Waals surface area contributed by atoms with Crippen LogP contribution in [0.1, 0.15) is 18.7 Å². The molecular formula is C11H17N3O2. The number of methoxy groups -OCH3 is 1. The molecule has 0 radical (unpaired) electrons. The molecule has 1 fully saturated rings. The summed E-state index contributed by atoms with van der Waals surface area (Å²) in [6.07, 6.45) is 2.45. The van der Waals surface area contributed by atoms with E-state index in [-0.39, 0.29) is 0 Å². The maximum Gasteiger partial charge on any atom is 0.218 e. The fraction of sp³-hybridized carbons (Fsp3) is 0.636. The Kier molecular flexibility index (Phi) is 3.56. The highest BCUT2D eigenvalue weighted by Crippen LogP contribution is 2.24. The minimum Gasteiger partial charge on any atom is -0.475 e. The van der Waals surface area contributed by atoms with E-state index in [1.807, 2.05) is 13.0 Å². The number of rotatable bonds is 6. The van der Waals surface area contributed by atoms with Crippen LogP contribution in [-0.2, 0) is 4.74 Å². The van der Waals surface area contributed by atoms with Crippen molar-refractivity contribution in [3.63, 3.8) is 0 Å². The fourth-order valence-electron chi connectivity index (χ4n) is 1.35. The third-order valence-corrected chi connectivity index (χ3v) is 2.28. The molecule has 1 aliphatic carbocycles. The number of nitrogens with zero attached hydrogens (tertiary/aromatic N) is 2. The van der Waals surface area contributed by atoms with Gasteiger partial charge in [0.1, 0.15) is 18.2 Å². The van der Waals surface area contributed by atoms with Crippen LogP contribution in [0, 0.1) is 6.92 Å². The van der Waals surface area contributed by atoms with Gasteiger partial charge < -0.3 is 14.8 Å². The predicted octanol–water partition coefficient (Wildman–Crippen LogP) is 1.38. The first-order chi connectivity index (χ1) is 7.78. The van der Waals surface area contributed by atoms with Crippen molar-refractivity contribution >= 4 is 5.82 Å². The summed E-state index contributed by atoms with van der Waals surface area (Å²) < 4.78 is 10.4. The fourth-order valence-corrected chi connectivity index (χ4v) is 1.35. The lowest BCUT2D eigenvalue weighted by atomic mass is 10.5. The summed E-state index contributed by atoms with van der Waals surface area (Å²) in [5, 5.41) is 3.33. The summed E-state index contributed by atoms with van der Waals surface area (Å²) in [7, 11) is 1.65. The van der Waals surface area contributed by atoms with Crippen LogP contribution >= 0.6 is 0 Å². The summed E-state index contributed by atoms with van der Waals surface area (Å²) in [6, 6.07) is 2.42. The summed E-state index contributed by atoms with van der Waals surface area (Å²) in [4.78, 5) is 8.51. The zero-order valence-electron chi connectivity index (χ0n) is 9.69. The quantitative estimate of drug-likeness (QED) is 0.738. The van der Waals surface area contributed by atoms with E-state index in [0.29, 0.717) is 25.1 Å². The third kappa shape index (κ3) is 3.34. The minimum absolute atomic E-state index is 0.510. The molecule has 1 aromatic heterocycles. The van der Waals surface area contributed by atoms with Crippen molar-refractivity contribution in [2.75, 3.05) is 25.6 Å². The molecule has 0 amide bonds. The Morgan fingerprint density at radius 2 is 2.19 bits per heavy atom. The largest absolute Gasteiger partial charge is 0.475 e. The van der Waals surface area contributed by atoms with E-state index in [9.17, 15) is 0 Å². The van der Waals surface area contributed by atoms with Gasteiger partial charge >= 0.3 is 0 Å². The number of ether oxygens (including phenoxy) is 2. The van der Waals surface area contributed by atoms with Crippen LogP contribution in [0.15, 0.2) is 6.07 Å². The monoisotopic (exact) mass is 223 g/mol. The summed E-state index contributed by atoms with van der Waals surface area (Å²) in [6.45, 7) is 2.94. The number of nitrogens with one attached hydrogen (secondary N) is 1. The van der Waals surface area contributed by atoms with Crippen LogP contribution < -0.4 is 10.1 Å². The lowest BCUT2D eigenvalue weighted by Gasteiger charge is -2.08. The number of hydrogen-bond acceptors (Lipinski definition) is 5. The Hall–Kier alpha value is -1.36. The highest BCUT2D eigenvalue weighted by molar-refractivity contribution is 5.40. The van der Waals surface area contributed by atoms with Gasteiger partial charge in [-0.1, -0.05) is 0 Å². The van der Waals surface area contributed by atoms with Crippen LogP contribution in [-0.4, -0.2) is 36.3 Å². The molecule has 1 heterocycles. The van der Waals surface area contributed by atoms with Crippen molar-refractivity contribution in [2.45, 2.75) is 25.8 Å². The first kappa shape index (κ1) is 11.1. The van der Waals surface area contributed by atoms with Crippen molar-refractivity contribution in [2.24, 2.45) is 0 Å². The van der Waals surface area contributed by atoms with E-state index < -0.39 is 0 Å². The molecule has 2 rings (SSSR count). The van der Waals surface area contributed by atoms with Gasteiger partial charge in [0.25, 0.3) is 0 Å². The highest BCUT2D eigenvalue weighted by Gasteiger charge is 2.21. The summed E-state index contributed by atoms with van der Waals surface area (Å²) in [5.41, 5.74) is 0. The van der Waals surface area contributed by atoms with E-state index >= 15 is 0 Å². The molecule has 5 heteroatoms. The van der Waals surface area contributed by atoms with Crippen LogP contribution in [0.2, 0.25) is 0 Å². The molecular weight excluding hydrogens is 206 g/mol. The molecule has 0 aromatic carbocycles. The molecule has 1 saturated carbocycles.